The van der Waals surface area contributed by atoms with Crippen LogP contribution in [0.15, 0.2) is 37.4 Å². The lowest BCUT2D eigenvalue weighted by Gasteiger charge is -2.30. The van der Waals surface area contributed by atoms with Crippen LogP contribution in [-0.2, 0) is 9.53 Å². The van der Waals surface area contributed by atoms with Crippen LogP contribution in [0.3, 0.4) is 0 Å². The van der Waals surface area contributed by atoms with E-state index in [1.165, 1.54) is 17.6 Å². The Balaban J connectivity index is 0.00000249. The molecule has 0 radical (unpaired) electrons. The highest BCUT2D eigenvalue weighted by molar-refractivity contribution is 5.97. The van der Waals surface area contributed by atoms with E-state index in [1.54, 1.807) is 12.1 Å². The molecule has 1 fully saturated rings. The second-order valence-electron chi connectivity index (χ2n) is 7.08. The number of nitrogens with zero attached hydrogens (tertiary/aromatic N) is 1. The second-order valence-corrected chi connectivity index (χ2v) is 7.08. The first-order chi connectivity index (χ1) is 15.2. The Morgan fingerprint density at radius 3 is 2.28 bits per heavy atom. The standard InChI is InChI=1S/C20H25F2N3O5.C2H4/c1-13(25-9-11-30-12-10-25)3-4-14-5-7-15(8-6-14)17(26)23-16(18(27)24-29)20(2,28)19(21)22;1-2/h5-8,13,16,19,28-29H,9-12H2,1-2H3,(H,23,26)(H,24,27);1-2H2. The van der Waals surface area contributed by atoms with Gasteiger partial charge >= 0.3 is 0 Å². The van der Waals surface area contributed by atoms with Crippen molar-refractivity contribution < 1.29 is 33.4 Å². The summed E-state index contributed by atoms with van der Waals surface area (Å²) in [6.07, 6.45) is -3.34. The molecule has 1 aromatic rings. The SMILES string of the molecule is C=C.CC(C#Cc1ccc(C(=O)NC(C(=O)NO)C(C)(O)C(F)F)cc1)N1CCOCC1. The van der Waals surface area contributed by atoms with Crippen LogP contribution in [0.5, 0.6) is 0 Å². The van der Waals surface area contributed by atoms with E-state index in [2.05, 4.69) is 29.9 Å². The van der Waals surface area contributed by atoms with E-state index in [1.807, 2.05) is 12.2 Å². The zero-order valence-electron chi connectivity index (χ0n) is 18.1. The fraction of sp³-hybridized carbons (Fsp3) is 0.455. The number of aliphatic hydroxyl groups is 1. The Hall–Kier alpha value is -2.84. The Kier molecular flexibility index (Phi) is 10.9. The quantitative estimate of drug-likeness (QED) is 0.223. The average molecular weight is 453 g/mol. The third-order valence-corrected chi connectivity index (χ3v) is 4.84. The maximum absolute atomic E-state index is 13.1. The summed E-state index contributed by atoms with van der Waals surface area (Å²) in [6.45, 7) is 11.6. The Morgan fingerprint density at radius 2 is 1.78 bits per heavy atom. The molecule has 1 aliphatic rings. The average Bonchev–Trinajstić information content (AvgIpc) is 2.82. The minimum atomic E-state index is -3.34. The van der Waals surface area contributed by atoms with Crippen LogP contribution >= 0.6 is 0 Å². The van der Waals surface area contributed by atoms with Crippen molar-refractivity contribution in [3.05, 3.63) is 48.6 Å². The molecule has 1 aromatic carbocycles. The first kappa shape index (κ1) is 27.2. The lowest BCUT2D eigenvalue weighted by Crippen LogP contribution is -2.61. The molecule has 3 unspecified atom stereocenters. The van der Waals surface area contributed by atoms with Gasteiger partial charge in [-0.2, -0.15) is 0 Å². The molecule has 2 amide bonds. The van der Waals surface area contributed by atoms with Gasteiger partial charge in [-0.25, -0.2) is 14.3 Å². The lowest BCUT2D eigenvalue weighted by atomic mass is 9.95. The summed E-state index contributed by atoms with van der Waals surface area (Å²) in [7, 11) is 0. The first-order valence-corrected chi connectivity index (χ1v) is 9.85. The highest BCUT2D eigenvalue weighted by Gasteiger charge is 2.46. The number of morpholine rings is 1. The summed E-state index contributed by atoms with van der Waals surface area (Å²) >= 11 is 0. The summed E-state index contributed by atoms with van der Waals surface area (Å²) < 4.78 is 31.4. The molecule has 1 saturated heterocycles. The van der Waals surface area contributed by atoms with Crippen molar-refractivity contribution in [2.75, 3.05) is 26.3 Å². The van der Waals surface area contributed by atoms with E-state index in [4.69, 9.17) is 9.94 Å². The summed E-state index contributed by atoms with van der Waals surface area (Å²) in [4.78, 5) is 26.2. The highest BCUT2D eigenvalue weighted by atomic mass is 19.3. The number of carbonyl (C=O) groups is 2. The fourth-order valence-electron chi connectivity index (χ4n) is 2.83. The fourth-order valence-corrected chi connectivity index (χ4v) is 2.83. The second kappa shape index (κ2) is 12.9. The van der Waals surface area contributed by atoms with Crippen LogP contribution in [0.2, 0.25) is 0 Å². The van der Waals surface area contributed by atoms with Gasteiger partial charge in [-0.15, -0.1) is 13.2 Å². The van der Waals surface area contributed by atoms with Crippen molar-refractivity contribution in [2.24, 2.45) is 0 Å². The molecule has 0 bridgehead atoms. The largest absolute Gasteiger partial charge is 0.381 e. The lowest BCUT2D eigenvalue weighted by molar-refractivity contribution is -0.149. The summed E-state index contributed by atoms with van der Waals surface area (Å²) in [6, 6.07) is 3.98. The van der Waals surface area contributed by atoms with Gasteiger partial charge in [0.1, 0.15) is 6.04 Å². The highest BCUT2D eigenvalue weighted by Crippen LogP contribution is 2.20. The molecule has 0 spiro atoms. The zero-order chi connectivity index (χ0) is 24.3. The van der Waals surface area contributed by atoms with E-state index in [-0.39, 0.29) is 11.6 Å². The summed E-state index contributed by atoms with van der Waals surface area (Å²) in [5, 5.41) is 20.6. The maximum atomic E-state index is 13.1. The van der Waals surface area contributed by atoms with Gasteiger partial charge in [-0.1, -0.05) is 11.8 Å². The number of nitrogens with one attached hydrogen (secondary N) is 2. The number of alkyl halides is 2. The van der Waals surface area contributed by atoms with Gasteiger partial charge in [-0.3, -0.25) is 19.7 Å². The molecule has 32 heavy (non-hydrogen) atoms. The number of halogens is 2. The number of hydroxylamine groups is 1. The third kappa shape index (κ3) is 7.39. The monoisotopic (exact) mass is 453 g/mol. The molecular weight excluding hydrogens is 424 g/mol. The van der Waals surface area contributed by atoms with E-state index >= 15 is 0 Å². The van der Waals surface area contributed by atoms with Gasteiger partial charge in [0, 0.05) is 24.2 Å². The maximum Gasteiger partial charge on any atom is 0.269 e. The molecule has 8 nitrogen and oxygen atoms in total. The smallest absolute Gasteiger partial charge is 0.269 e. The number of carbonyl (C=O) groups excluding carboxylic acids is 2. The minimum Gasteiger partial charge on any atom is -0.381 e. The van der Waals surface area contributed by atoms with Gasteiger partial charge in [0.15, 0.2) is 5.60 Å². The predicted molar refractivity (Wildman–Crippen MR) is 114 cm³/mol. The van der Waals surface area contributed by atoms with Crippen LogP contribution in [0.4, 0.5) is 8.78 Å². The predicted octanol–water partition coefficient (Wildman–Crippen LogP) is 1.18. The summed E-state index contributed by atoms with van der Waals surface area (Å²) in [5.74, 6) is 3.90. The van der Waals surface area contributed by atoms with E-state index in [9.17, 15) is 23.5 Å². The molecule has 0 aliphatic carbocycles. The molecular formula is C22H29F2N3O5. The normalized spacial score (nSPS) is 17.5. The van der Waals surface area contributed by atoms with Gasteiger partial charge in [0.25, 0.3) is 18.2 Å². The molecule has 4 N–H and O–H groups in total. The van der Waals surface area contributed by atoms with Crippen LogP contribution < -0.4 is 10.8 Å². The molecule has 0 saturated carbocycles. The van der Waals surface area contributed by atoms with Crippen LogP contribution in [0, 0.1) is 11.8 Å². The van der Waals surface area contributed by atoms with Gasteiger partial charge in [-0.05, 0) is 38.1 Å². The van der Waals surface area contributed by atoms with Crippen LogP contribution in [0.25, 0.3) is 0 Å². The van der Waals surface area contributed by atoms with Gasteiger partial charge in [0.2, 0.25) is 0 Å². The molecule has 10 heteroatoms. The van der Waals surface area contributed by atoms with E-state index in [0.29, 0.717) is 25.7 Å². The number of hydrogen-bond acceptors (Lipinski definition) is 6. The van der Waals surface area contributed by atoms with Crippen LogP contribution in [0.1, 0.15) is 29.8 Å². The molecule has 3 atom stereocenters. The molecule has 2 rings (SSSR count). The number of rotatable bonds is 6. The van der Waals surface area contributed by atoms with Gasteiger partial charge < -0.3 is 15.2 Å². The third-order valence-electron chi connectivity index (χ3n) is 4.84. The van der Waals surface area contributed by atoms with Gasteiger partial charge in [0.05, 0.1) is 19.3 Å². The number of amides is 2. The zero-order valence-corrected chi connectivity index (χ0v) is 18.1. The minimum absolute atomic E-state index is 0.0335. The molecule has 176 valence electrons. The van der Waals surface area contributed by atoms with Crippen molar-refractivity contribution in [3.8, 4) is 11.8 Å². The van der Waals surface area contributed by atoms with Crippen LogP contribution in [-0.4, -0.2) is 77.4 Å². The topological polar surface area (TPSA) is 111 Å². The molecule has 1 heterocycles. The van der Waals surface area contributed by atoms with Crippen molar-refractivity contribution >= 4 is 11.8 Å². The number of hydrogen-bond donors (Lipinski definition) is 4. The Labute approximate surface area is 186 Å². The van der Waals surface area contributed by atoms with E-state index < -0.39 is 29.9 Å². The molecule has 1 aliphatic heterocycles. The first-order valence-electron chi connectivity index (χ1n) is 9.85. The number of ether oxygens (including phenoxy) is 1. The Morgan fingerprint density at radius 1 is 1.22 bits per heavy atom. The van der Waals surface area contributed by atoms with E-state index in [0.717, 1.165) is 13.1 Å². The van der Waals surface area contributed by atoms with Crippen molar-refractivity contribution in [1.82, 2.24) is 15.7 Å². The molecule has 0 aromatic heterocycles. The van der Waals surface area contributed by atoms with Crippen molar-refractivity contribution in [1.29, 1.82) is 0 Å². The Bertz CT molecular complexity index is 815. The van der Waals surface area contributed by atoms with Crippen molar-refractivity contribution in [2.45, 2.75) is 38.0 Å². The number of benzene rings is 1. The van der Waals surface area contributed by atoms with Crippen molar-refractivity contribution in [3.63, 3.8) is 0 Å². The summed E-state index contributed by atoms with van der Waals surface area (Å²) in [5.41, 5.74) is -0.995.